The van der Waals surface area contributed by atoms with Crippen molar-refractivity contribution in [2.75, 3.05) is 17.9 Å². The normalized spacial score (nSPS) is 10.4. The van der Waals surface area contributed by atoms with E-state index in [1.807, 2.05) is 30.5 Å². The maximum absolute atomic E-state index is 5.42. The van der Waals surface area contributed by atoms with E-state index in [4.69, 9.17) is 10.6 Å². The number of hydrazine groups is 1. The highest BCUT2D eigenvalue weighted by molar-refractivity contribution is 5.95. The van der Waals surface area contributed by atoms with E-state index in [9.17, 15) is 0 Å². The summed E-state index contributed by atoms with van der Waals surface area (Å²) in [6.45, 7) is 0. The fourth-order valence-corrected chi connectivity index (χ4v) is 2.12. The Morgan fingerprint density at radius 1 is 1.14 bits per heavy atom. The molecule has 0 radical (unpaired) electrons. The Hall–Kier alpha value is -2.93. The van der Waals surface area contributed by atoms with E-state index in [-0.39, 0.29) is 0 Å². The Morgan fingerprint density at radius 2 is 2.00 bits per heavy atom. The number of rotatable bonds is 4. The second-order valence-electron chi connectivity index (χ2n) is 4.28. The molecule has 4 N–H and O–H groups in total. The minimum Gasteiger partial charge on any atom is -0.490 e. The first-order valence-electron chi connectivity index (χ1n) is 6.29. The molecule has 3 aromatic rings. The Balaban J connectivity index is 2.07. The highest BCUT2D eigenvalue weighted by atomic mass is 16.5. The lowest BCUT2D eigenvalue weighted by atomic mass is 10.1. The lowest BCUT2D eigenvalue weighted by molar-refractivity contribution is 0.415. The molecular weight excluding hydrogens is 268 g/mol. The molecule has 0 saturated carbocycles. The molecule has 0 fully saturated rings. The number of aromatic nitrogens is 3. The van der Waals surface area contributed by atoms with Gasteiger partial charge in [-0.3, -0.25) is 4.98 Å². The van der Waals surface area contributed by atoms with Crippen molar-refractivity contribution in [3.63, 3.8) is 0 Å². The van der Waals surface area contributed by atoms with E-state index in [1.165, 1.54) is 13.4 Å². The summed E-state index contributed by atoms with van der Waals surface area (Å²) in [7, 11) is 1.54. The molecule has 0 aliphatic heterocycles. The monoisotopic (exact) mass is 282 g/mol. The maximum atomic E-state index is 5.42. The first kappa shape index (κ1) is 13.1. The zero-order valence-electron chi connectivity index (χ0n) is 11.4. The van der Waals surface area contributed by atoms with Gasteiger partial charge in [-0.15, -0.1) is 0 Å². The number of fused-ring (bicyclic) bond motifs is 1. The molecule has 106 valence electrons. The number of benzene rings is 1. The second-order valence-corrected chi connectivity index (χ2v) is 4.28. The summed E-state index contributed by atoms with van der Waals surface area (Å²) in [5, 5.41) is 5.31. The van der Waals surface area contributed by atoms with Crippen molar-refractivity contribution in [3.05, 3.63) is 43.0 Å². The molecule has 7 nitrogen and oxygen atoms in total. The number of hydrogen-bond acceptors (Lipinski definition) is 7. The molecule has 2 heterocycles. The van der Waals surface area contributed by atoms with Gasteiger partial charge in [0, 0.05) is 28.9 Å². The second kappa shape index (κ2) is 5.59. The van der Waals surface area contributed by atoms with Gasteiger partial charge < -0.3 is 15.5 Å². The van der Waals surface area contributed by atoms with E-state index < -0.39 is 0 Å². The van der Waals surface area contributed by atoms with Crippen LogP contribution in [0.25, 0.3) is 10.8 Å². The highest BCUT2D eigenvalue weighted by Crippen LogP contribution is 2.32. The van der Waals surface area contributed by atoms with Gasteiger partial charge in [0.1, 0.15) is 6.33 Å². The molecule has 21 heavy (non-hydrogen) atoms. The third kappa shape index (κ3) is 2.41. The number of methoxy groups -OCH3 is 1. The zero-order valence-corrected chi connectivity index (χ0v) is 11.4. The topological polar surface area (TPSA) is 98.0 Å². The Bertz CT molecular complexity index is 771. The summed E-state index contributed by atoms with van der Waals surface area (Å²) in [5.74, 6) is 6.82. The van der Waals surface area contributed by atoms with E-state index in [0.29, 0.717) is 17.4 Å². The fraction of sp³-hybridized carbons (Fsp3) is 0.0714. The summed E-state index contributed by atoms with van der Waals surface area (Å²) in [6.07, 6.45) is 4.97. The van der Waals surface area contributed by atoms with Crippen molar-refractivity contribution in [1.29, 1.82) is 0 Å². The third-order valence-electron chi connectivity index (χ3n) is 3.08. The number of hydrogen-bond donors (Lipinski definition) is 3. The van der Waals surface area contributed by atoms with Gasteiger partial charge in [-0.25, -0.2) is 15.8 Å². The number of nitrogen functional groups attached to an aromatic ring is 1. The van der Waals surface area contributed by atoms with Crippen LogP contribution in [-0.2, 0) is 0 Å². The number of nitrogens with zero attached hydrogens (tertiary/aromatic N) is 3. The number of ether oxygens (including phenoxy) is 1. The van der Waals surface area contributed by atoms with Crippen LogP contribution in [0.15, 0.2) is 43.0 Å². The van der Waals surface area contributed by atoms with E-state index in [1.54, 1.807) is 6.20 Å². The van der Waals surface area contributed by atoms with Gasteiger partial charge in [0.25, 0.3) is 0 Å². The average Bonchev–Trinajstić information content (AvgIpc) is 2.55. The molecule has 2 aromatic heterocycles. The number of nitrogens with two attached hydrogens (primary N) is 1. The van der Waals surface area contributed by atoms with Crippen LogP contribution in [0.5, 0.6) is 5.75 Å². The average molecular weight is 282 g/mol. The third-order valence-corrected chi connectivity index (χ3v) is 3.08. The first-order valence-corrected chi connectivity index (χ1v) is 6.29. The molecule has 0 spiro atoms. The van der Waals surface area contributed by atoms with Crippen molar-refractivity contribution in [2.24, 2.45) is 5.84 Å². The van der Waals surface area contributed by atoms with Crippen LogP contribution >= 0.6 is 0 Å². The molecular formula is C14H14N6O. The molecule has 0 amide bonds. The van der Waals surface area contributed by atoms with Crippen LogP contribution in [-0.4, -0.2) is 22.1 Å². The summed E-state index contributed by atoms with van der Waals surface area (Å²) in [5.41, 5.74) is 3.38. The number of nitrogens with one attached hydrogen (secondary N) is 2. The van der Waals surface area contributed by atoms with E-state index in [0.717, 1.165) is 16.5 Å². The van der Waals surface area contributed by atoms with Crippen molar-refractivity contribution in [1.82, 2.24) is 15.0 Å². The summed E-state index contributed by atoms with van der Waals surface area (Å²) < 4.78 is 5.31. The standard InChI is InChI=1S/C14H14N6O/c1-21-12-13(17-8-18-14(12)20-15)19-11-4-2-3-9-7-16-6-5-10(9)11/h2-8H,15H2,1H3,(H2,17,18,19,20). The molecule has 0 unspecified atom stereocenters. The van der Waals surface area contributed by atoms with Gasteiger partial charge in [0.2, 0.25) is 5.75 Å². The first-order chi connectivity index (χ1) is 10.3. The molecule has 0 saturated heterocycles. The molecule has 7 heteroatoms. The van der Waals surface area contributed by atoms with E-state index >= 15 is 0 Å². The fourth-order valence-electron chi connectivity index (χ4n) is 2.12. The van der Waals surface area contributed by atoms with Crippen LogP contribution in [0.1, 0.15) is 0 Å². The van der Waals surface area contributed by atoms with Crippen LogP contribution < -0.4 is 21.3 Å². The van der Waals surface area contributed by atoms with Crippen LogP contribution in [0, 0.1) is 0 Å². The van der Waals surface area contributed by atoms with Gasteiger partial charge in [-0.05, 0) is 12.1 Å². The number of pyridine rings is 1. The smallest absolute Gasteiger partial charge is 0.205 e. The molecule has 1 aromatic carbocycles. The number of anilines is 3. The zero-order chi connectivity index (χ0) is 14.7. The predicted molar refractivity (Wildman–Crippen MR) is 81.4 cm³/mol. The molecule has 0 bridgehead atoms. The SMILES string of the molecule is COc1c(NN)ncnc1Nc1cccc2cnccc12. The quantitative estimate of drug-likeness (QED) is 0.497. The van der Waals surface area contributed by atoms with Gasteiger partial charge >= 0.3 is 0 Å². The minimum absolute atomic E-state index is 0.414. The summed E-state index contributed by atoms with van der Waals surface area (Å²) in [4.78, 5) is 12.3. The van der Waals surface area contributed by atoms with Crippen molar-refractivity contribution < 1.29 is 4.74 Å². The van der Waals surface area contributed by atoms with E-state index in [2.05, 4.69) is 25.7 Å². The molecule has 3 rings (SSSR count). The van der Waals surface area contributed by atoms with Crippen molar-refractivity contribution in [3.8, 4) is 5.75 Å². The van der Waals surface area contributed by atoms with Gasteiger partial charge in [-0.2, -0.15) is 0 Å². The van der Waals surface area contributed by atoms with Gasteiger partial charge in [-0.1, -0.05) is 12.1 Å². The van der Waals surface area contributed by atoms with Gasteiger partial charge in [0.15, 0.2) is 11.6 Å². The molecule has 0 aliphatic rings. The van der Waals surface area contributed by atoms with Gasteiger partial charge in [0.05, 0.1) is 7.11 Å². The Kier molecular flexibility index (Phi) is 3.48. The summed E-state index contributed by atoms with van der Waals surface area (Å²) >= 11 is 0. The lowest BCUT2D eigenvalue weighted by Gasteiger charge is -2.13. The predicted octanol–water partition coefficient (Wildman–Crippen LogP) is 2.06. The molecule has 0 atom stereocenters. The maximum Gasteiger partial charge on any atom is 0.205 e. The largest absolute Gasteiger partial charge is 0.490 e. The molecule has 0 aliphatic carbocycles. The van der Waals surface area contributed by atoms with Crippen molar-refractivity contribution >= 4 is 28.1 Å². The highest BCUT2D eigenvalue weighted by Gasteiger charge is 2.12. The Morgan fingerprint density at radius 3 is 2.81 bits per heavy atom. The summed E-state index contributed by atoms with van der Waals surface area (Å²) in [6, 6.07) is 7.84. The van der Waals surface area contributed by atoms with Crippen LogP contribution in [0.3, 0.4) is 0 Å². The van der Waals surface area contributed by atoms with Crippen LogP contribution in [0.2, 0.25) is 0 Å². The Labute approximate surface area is 121 Å². The van der Waals surface area contributed by atoms with Crippen molar-refractivity contribution in [2.45, 2.75) is 0 Å². The minimum atomic E-state index is 0.414. The lowest BCUT2D eigenvalue weighted by Crippen LogP contribution is -2.11. The van der Waals surface area contributed by atoms with Crippen LogP contribution in [0.4, 0.5) is 17.3 Å².